The fourth-order valence-electron chi connectivity index (χ4n) is 7.16. The summed E-state index contributed by atoms with van der Waals surface area (Å²) in [6.45, 7) is 11.0. The SMILES string of the molecule is CC(C)[C@H]1CC[C@@H](N2CCC(n3c(CCO)c(CN4CCCC4)c4ccccc43)CC2)CC1. The Morgan fingerprint density at radius 3 is 2.24 bits per heavy atom. The Kier molecular flexibility index (Phi) is 7.44. The van der Waals surface area contributed by atoms with Crippen molar-refractivity contribution in [3.63, 3.8) is 0 Å². The number of para-hydroxylation sites is 1. The average molecular weight is 452 g/mol. The molecular formula is C29H45N3O. The van der Waals surface area contributed by atoms with Crippen molar-refractivity contribution < 1.29 is 5.11 Å². The van der Waals surface area contributed by atoms with Gasteiger partial charge in [-0.3, -0.25) is 4.90 Å². The van der Waals surface area contributed by atoms with Gasteiger partial charge in [-0.25, -0.2) is 0 Å². The third kappa shape index (κ3) is 4.90. The molecule has 0 unspecified atom stereocenters. The predicted octanol–water partition coefficient (Wildman–Crippen LogP) is 5.62. The molecule has 2 aromatic rings. The molecule has 0 bridgehead atoms. The van der Waals surface area contributed by atoms with Gasteiger partial charge < -0.3 is 14.6 Å². The molecule has 0 radical (unpaired) electrons. The Labute approximate surface area is 200 Å². The highest BCUT2D eigenvalue weighted by molar-refractivity contribution is 5.85. The minimum absolute atomic E-state index is 0.237. The third-order valence-corrected chi connectivity index (χ3v) is 9.12. The first-order valence-electron chi connectivity index (χ1n) is 13.8. The van der Waals surface area contributed by atoms with Crippen LogP contribution in [0.3, 0.4) is 0 Å². The van der Waals surface area contributed by atoms with Crippen LogP contribution in [0.25, 0.3) is 10.9 Å². The summed E-state index contributed by atoms with van der Waals surface area (Å²) in [5, 5.41) is 11.4. The van der Waals surface area contributed by atoms with E-state index in [1.54, 1.807) is 0 Å². The van der Waals surface area contributed by atoms with Crippen LogP contribution in [0.2, 0.25) is 0 Å². The number of piperidine rings is 1. The molecule has 3 fully saturated rings. The van der Waals surface area contributed by atoms with Gasteiger partial charge >= 0.3 is 0 Å². The number of aromatic nitrogens is 1. The summed E-state index contributed by atoms with van der Waals surface area (Å²) in [6, 6.07) is 10.4. The van der Waals surface area contributed by atoms with Crippen LogP contribution in [0.5, 0.6) is 0 Å². The lowest BCUT2D eigenvalue weighted by molar-refractivity contribution is 0.0888. The molecule has 5 rings (SSSR count). The minimum Gasteiger partial charge on any atom is -0.396 e. The summed E-state index contributed by atoms with van der Waals surface area (Å²) in [4.78, 5) is 5.43. The smallest absolute Gasteiger partial charge is 0.0488 e. The van der Waals surface area contributed by atoms with E-state index in [0.29, 0.717) is 6.04 Å². The first-order valence-corrected chi connectivity index (χ1v) is 13.8. The van der Waals surface area contributed by atoms with Crippen LogP contribution in [0, 0.1) is 11.8 Å². The van der Waals surface area contributed by atoms with Gasteiger partial charge in [-0.15, -0.1) is 0 Å². The van der Waals surface area contributed by atoms with E-state index in [4.69, 9.17) is 0 Å². The molecule has 1 aromatic carbocycles. The summed E-state index contributed by atoms with van der Waals surface area (Å²) in [5.74, 6) is 1.79. The molecule has 0 spiro atoms. The number of fused-ring (bicyclic) bond motifs is 1. The second-order valence-electron chi connectivity index (χ2n) is 11.3. The Balaban J connectivity index is 1.34. The van der Waals surface area contributed by atoms with E-state index in [9.17, 15) is 5.11 Å². The zero-order chi connectivity index (χ0) is 22.8. The summed E-state index contributed by atoms with van der Waals surface area (Å²) in [6.07, 6.45) is 11.5. The maximum Gasteiger partial charge on any atom is 0.0488 e. The molecule has 1 N–H and O–H groups in total. The van der Waals surface area contributed by atoms with Crippen LogP contribution in [-0.2, 0) is 13.0 Å². The summed E-state index contributed by atoms with van der Waals surface area (Å²) >= 11 is 0. The first-order chi connectivity index (χ1) is 16.2. The molecule has 2 saturated heterocycles. The van der Waals surface area contributed by atoms with Gasteiger partial charge in [0.2, 0.25) is 0 Å². The van der Waals surface area contributed by atoms with Gasteiger partial charge in [0.25, 0.3) is 0 Å². The van der Waals surface area contributed by atoms with Gasteiger partial charge in [0.15, 0.2) is 0 Å². The van der Waals surface area contributed by atoms with Gasteiger partial charge in [0, 0.05) is 61.3 Å². The van der Waals surface area contributed by atoms with Crippen LogP contribution in [0.4, 0.5) is 0 Å². The highest BCUT2D eigenvalue weighted by atomic mass is 16.3. The van der Waals surface area contributed by atoms with Gasteiger partial charge in [-0.05, 0) is 87.9 Å². The molecule has 4 nitrogen and oxygen atoms in total. The monoisotopic (exact) mass is 451 g/mol. The molecule has 1 aromatic heterocycles. The highest BCUT2D eigenvalue weighted by Crippen LogP contribution is 2.38. The topological polar surface area (TPSA) is 31.6 Å². The van der Waals surface area contributed by atoms with E-state index in [0.717, 1.165) is 30.8 Å². The van der Waals surface area contributed by atoms with Crippen LogP contribution in [0.15, 0.2) is 24.3 Å². The number of likely N-dealkylation sites (tertiary alicyclic amines) is 2. The molecule has 2 aliphatic heterocycles. The van der Waals surface area contributed by atoms with Crippen molar-refractivity contribution in [2.45, 2.75) is 90.3 Å². The number of aliphatic hydroxyl groups excluding tert-OH is 1. The first kappa shape index (κ1) is 23.4. The maximum absolute atomic E-state index is 9.99. The van der Waals surface area contributed by atoms with Crippen molar-refractivity contribution in [2.24, 2.45) is 11.8 Å². The third-order valence-electron chi connectivity index (χ3n) is 9.12. The molecular weight excluding hydrogens is 406 g/mol. The number of hydrogen-bond acceptors (Lipinski definition) is 3. The molecule has 0 atom stereocenters. The highest BCUT2D eigenvalue weighted by Gasteiger charge is 2.32. The molecule has 1 aliphatic carbocycles. The molecule has 3 aliphatic rings. The van der Waals surface area contributed by atoms with Crippen LogP contribution in [-0.4, -0.2) is 58.3 Å². The number of rotatable bonds is 7. The zero-order valence-corrected chi connectivity index (χ0v) is 21.0. The van der Waals surface area contributed by atoms with E-state index < -0.39 is 0 Å². The normalized spacial score (nSPS) is 26.1. The zero-order valence-electron chi connectivity index (χ0n) is 21.0. The summed E-state index contributed by atoms with van der Waals surface area (Å²) < 4.78 is 2.66. The van der Waals surface area contributed by atoms with E-state index in [2.05, 4.69) is 52.5 Å². The quantitative estimate of drug-likeness (QED) is 0.592. The van der Waals surface area contributed by atoms with Gasteiger partial charge in [-0.2, -0.15) is 0 Å². The summed E-state index contributed by atoms with van der Waals surface area (Å²) in [7, 11) is 0. The lowest BCUT2D eigenvalue weighted by atomic mass is 9.79. The molecule has 182 valence electrons. The fraction of sp³-hybridized carbons (Fsp3) is 0.724. The molecule has 3 heterocycles. The fourth-order valence-corrected chi connectivity index (χ4v) is 7.16. The average Bonchev–Trinajstić information content (AvgIpc) is 3.47. The summed E-state index contributed by atoms with van der Waals surface area (Å²) in [5.41, 5.74) is 4.28. The van der Waals surface area contributed by atoms with E-state index in [1.807, 2.05) is 0 Å². The molecule has 4 heteroatoms. The van der Waals surface area contributed by atoms with Crippen LogP contribution in [0.1, 0.15) is 82.5 Å². The Morgan fingerprint density at radius 2 is 1.58 bits per heavy atom. The predicted molar refractivity (Wildman–Crippen MR) is 138 cm³/mol. The standard InChI is InChI=1S/C29H45N3O/c1-22(2)23-9-11-24(12-10-23)31-18-13-25(14-19-31)32-28-8-4-3-7-26(28)27(29(32)15-20-33)21-30-16-5-6-17-30/h3-4,7-8,22-25,33H,5-6,9-21H2,1-2H3/t23-,24+. The molecule has 1 saturated carbocycles. The number of aliphatic hydroxyl groups is 1. The Morgan fingerprint density at radius 1 is 0.879 bits per heavy atom. The molecule has 33 heavy (non-hydrogen) atoms. The van der Waals surface area contributed by atoms with Crippen molar-refractivity contribution in [1.82, 2.24) is 14.4 Å². The Bertz CT molecular complexity index is 897. The molecule has 0 amide bonds. The van der Waals surface area contributed by atoms with Crippen molar-refractivity contribution in [1.29, 1.82) is 0 Å². The Hall–Kier alpha value is -1.36. The lowest BCUT2D eigenvalue weighted by Crippen LogP contribution is -2.44. The van der Waals surface area contributed by atoms with Gasteiger partial charge in [0.05, 0.1) is 0 Å². The van der Waals surface area contributed by atoms with Crippen molar-refractivity contribution in [3.8, 4) is 0 Å². The second kappa shape index (κ2) is 10.5. The van der Waals surface area contributed by atoms with Crippen LogP contribution < -0.4 is 0 Å². The van der Waals surface area contributed by atoms with Crippen molar-refractivity contribution in [2.75, 3.05) is 32.8 Å². The van der Waals surface area contributed by atoms with E-state index in [-0.39, 0.29) is 6.61 Å². The van der Waals surface area contributed by atoms with Crippen molar-refractivity contribution >= 4 is 10.9 Å². The van der Waals surface area contributed by atoms with E-state index >= 15 is 0 Å². The minimum atomic E-state index is 0.237. The maximum atomic E-state index is 9.99. The van der Waals surface area contributed by atoms with Crippen molar-refractivity contribution in [3.05, 3.63) is 35.5 Å². The number of hydrogen-bond donors (Lipinski definition) is 1. The largest absolute Gasteiger partial charge is 0.396 e. The van der Waals surface area contributed by atoms with Crippen LogP contribution >= 0.6 is 0 Å². The van der Waals surface area contributed by atoms with Gasteiger partial charge in [0.1, 0.15) is 0 Å². The van der Waals surface area contributed by atoms with Gasteiger partial charge in [-0.1, -0.05) is 32.0 Å². The lowest BCUT2D eigenvalue weighted by Gasteiger charge is -2.42. The number of nitrogens with zero attached hydrogens (tertiary/aromatic N) is 3. The number of benzene rings is 1. The second-order valence-corrected chi connectivity index (χ2v) is 11.3. The van der Waals surface area contributed by atoms with E-state index in [1.165, 1.54) is 99.7 Å².